The van der Waals surface area contributed by atoms with Crippen molar-refractivity contribution in [1.29, 1.82) is 0 Å². The van der Waals surface area contributed by atoms with Crippen LogP contribution in [0.25, 0.3) is 28.1 Å². The van der Waals surface area contributed by atoms with E-state index >= 15 is 0 Å². The van der Waals surface area contributed by atoms with Crippen LogP contribution in [-0.2, 0) is 17.4 Å². The number of aryl methyl sites for hydroxylation is 1. The largest absolute Gasteiger partial charge is 0.214 e. The molecule has 0 saturated heterocycles. The number of hydrogen-bond donors (Lipinski definition) is 0. The monoisotopic (exact) mass is 454 g/mol. The van der Waals surface area contributed by atoms with Crippen molar-refractivity contribution in [3.63, 3.8) is 0 Å². The third-order valence-corrected chi connectivity index (χ3v) is 8.01. The molecule has 3 aromatic rings. The molecule has 1 aromatic heterocycles. The molecular weight excluding hydrogens is 410 g/mol. The Morgan fingerprint density at radius 1 is 0.794 bits per heavy atom. The molecule has 1 aliphatic rings. The van der Waals surface area contributed by atoms with Crippen molar-refractivity contribution in [3.05, 3.63) is 71.4 Å². The first-order valence-electron chi connectivity index (χ1n) is 13.6. The van der Waals surface area contributed by atoms with Crippen molar-refractivity contribution in [2.45, 2.75) is 104 Å². The van der Waals surface area contributed by atoms with Crippen molar-refractivity contribution >= 4 is 16.8 Å². The topological polar surface area (TPSA) is 3.88 Å². The van der Waals surface area contributed by atoms with Gasteiger partial charge in [-0.25, -0.2) is 0 Å². The third-order valence-electron chi connectivity index (χ3n) is 8.01. The molecule has 4 rings (SSSR count). The lowest BCUT2D eigenvalue weighted by atomic mass is 9.84. The van der Waals surface area contributed by atoms with Crippen molar-refractivity contribution in [1.82, 2.24) is 0 Å². The fourth-order valence-corrected chi connectivity index (χ4v) is 5.51. The van der Waals surface area contributed by atoms with E-state index in [1.807, 2.05) is 0 Å². The van der Waals surface area contributed by atoms with Gasteiger partial charge in [-0.1, -0.05) is 97.6 Å². The van der Waals surface area contributed by atoms with E-state index in [0.717, 1.165) is 12.8 Å². The average Bonchev–Trinajstić information content (AvgIpc) is 2.96. The Labute approximate surface area is 207 Å². The van der Waals surface area contributed by atoms with Crippen LogP contribution in [0.4, 0.5) is 0 Å². The molecule has 0 fully saturated rings. The Balaban J connectivity index is 1.81. The van der Waals surface area contributed by atoms with Crippen LogP contribution < -0.4 is 4.57 Å². The quantitative estimate of drug-likeness (QED) is 0.236. The summed E-state index contributed by atoms with van der Waals surface area (Å²) in [5, 5.41) is 2.71. The third kappa shape index (κ3) is 4.85. The van der Waals surface area contributed by atoms with Gasteiger partial charge in [-0.3, -0.25) is 0 Å². The number of pyridine rings is 1. The van der Waals surface area contributed by atoms with E-state index in [9.17, 15) is 0 Å². The van der Waals surface area contributed by atoms with Gasteiger partial charge in [0.15, 0.2) is 11.7 Å². The first-order chi connectivity index (χ1) is 16.3. The number of nitrogens with zero attached hydrogens (tertiary/aromatic N) is 1. The maximum absolute atomic E-state index is 2.57. The summed E-state index contributed by atoms with van der Waals surface area (Å²) in [5.74, 6) is 0. The smallest absolute Gasteiger partial charge is 0.189 e. The van der Waals surface area contributed by atoms with Crippen molar-refractivity contribution < 1.29 is 4.57 Å². The van der Waals surface area contributed by atoms with Crippen molar-refractivity contribution in [2.24, 2.45) is 0 Å². The van der Waals surface area contributed by atoms with Gasteiger partial charge >= 0.3 is 0 Å². The fraction of sp³-hybridized carbons (Fsp3) is 0.485. The highest BCUT2D eigenvalue weighted by atomic mass is 15.1. The summed E-state index contributed by atoms with van der Waals surface area (Å²) in [6.45, 7) is 13.8. The number of unbranched alkanes of at least 4 members (excludes halogenated alkanes) is 4. The Hall–Kier alpha value is -2.41. The minimum Gasteiger partial charge on any atom is -0.189 e. The average molecular weight is 455 g/mol. The maximum Gasteiger partial charge on any atom is 0.214 e. The summed E-state index contributed by atoms with van der Waals surface area (Å²) in [6.07, 6.45) is 17.3. The lowest BCUT2D eigenvalue weighted by molar-refractivity contribution is -0.742. The Morgan fingerprint density at radius 3 is 2.26 bits per heavy atom. The van der Waals surface area contributed by atoms with E-state index in [-0.39, 0.29) is 11.0 Å². The van der Waals surface area contributed by atoms with Crippen LogP contribution in [0.2, 0.25) is 0 Å². The molecular formula is C33H44N+. The fourth-order valence-electron chi connectivity index (χ4n) is 5.51. The summed E-state index contributed by atoms with van der Waals surface area (Å²) in [7, 11) is 0. The molecule has 1 nitrogen and oxygen atoms in total. The first kappa shape index (κ1) is 24.7. The highest BCUT2D eigenvalue weighted by Gasteiger charge is 2.38. The van der Waals surface area contributed by atoms with Gasteiger partial charge in [0.25, 0.3) is 0 Å². The van der Waals surface area contributed by atoms with Gasteiger partial charge in [0.1, 0.15) is 0 Å². The second kappa shape index (κ2) is 10.1. The zero-order chi connectivity index (χ0) is 24.3. The van der Waals surface area contributed by atoms with Crippen LogP contribution in [0, 0.1) is 0 Å². The summed E-state index contributed by atoms with van der Waals surface area (Å²) in [5.41, 5.74) is 7.05. The van der Waals surface area contributed by atoms with Gasteiger partial charge in [-0.2, -0.15) is 4.57 Å². The number of benzene rings is 2. The van der Waals surface area contributed by atoms with Crippen LogP contribution in [-0.4, -0.2) is 0 Å². The minimum atomic E-state index is 0.00237. The molecule has 2 heterocycles. The minimum absolute atomic E-state index is 0.00237. The molecule has 34 heavy (non-hydrogen) atoms. The van der Waals surface area contributed by atoms with Crippen molar-refractivity contribution in [2.75, 3.05) is 0 Å². The van der Waals surface area contributed by atoms with E-state index in [4.69, 9.17) is 0 Å². The highest BCUT2D eigenvalue weighted by Crippen LogP contribution is 2.36. The molecule has 0 aliphatic carbocycles. The molecule has 0 radical (unpaired) electrons. The molecule has 1 aliphatic heterocycles. The van der Waals surface area contributed by atoms with E-state index in [1.54, 1.807) is 0 Å². The number of hydrogen-bond acceptors (Lipinski definition) is 0. The van der Waals surface area contributed by atoms with Crippen LogP contribution in [0.3, 0.4) is 0 Å². The normalized spacial score (nSPS) is 14.6. The molecule has 0 atom stereocenters. The molecule has 0 saturated carbocycles. The van der Waals surface area contributed by atoms with Crippen molar-refractivity contribution in [3.8, 4) is 11.3 Å². The van der Waals surface area contributed by atoms with E-state index in [0.29, 0.717) is 0 Å². The lowest BCUT2D eigenvalue weighted by Gasteiger charge is -2.24. The Bertz CT molecular complexity index is 1170. The summed E-state index contributed by atoms with van der Waals surface area (Å²) in [4.78, 5) is 0. The van der Waals surface area contributed by atoms with E-state index in [2.05, 4.69) is 107 Å². The van der Waals surface area contributed by atoms with Crippen LogP contribution >= 0.6 is 0 Å². The molecule has 180 valence electrons. The second-order valence-electron chi connectivity index (χ2n) is 11.4. The zero-order valence-corrected chi connectivity index (χ0v) is 22.4. The number of fused-ring (bicyclic) bond motifs is 4. The number of aromatic nitrogens is 1. The summed E-state index contributed by atoms with van der Waals surface area (Å²) >= 11 is 0. The molecule has 1 heteroatoms. The number of allylic oxidation sites excluding steroid dienone is 1. The Kier molecular flexibility index (Phi) is 7.31. The molecule has 2 aromatic carbocycles. The van der Waals surface area contributed by atoms with Gasteiger partial charge in [-0.15, -0.1) is 0 Å². The van der Waals surface area contributed by atoms with Gasteiger partial charge in [0.2, 0.25) is 5.69 Å². The van der Waals surface area contributed by atoms with Gasteiger partial charge in [-0.05, 0) is 58.5 Å². The van der Waals surface area contributed by atoms with Crippen LogP contribution in [0.1, 0.15) is 103 Å². The Morgan fingerprint density at radius 2 is 1.56 bits per heavy atom. The van der Waals surface area contributed by atoms with Crippen LogP contribution in [0.15, 0.2) is 54.7 Å². The zero-order valence-electron chi connectivity index (χ0n) is 22.4. The predicted octanol–water partition coefficient (Wildman–Crippen LogP) is 9.15. The molecule has 0 N–H and O–H groups in total. The maximum atomic E-state index is 2.57. The first-order valence-corrected chi connectivity index (χ1v) is 13.6. The predicted molar refractivity (Wildman–Crippen MR) is 148 cm³/mol. The number of rotatable bonds is 8. The molecule has 0 bridgehead atoms. The molecule has 0 unspecified atom stereocenters. The van der Waals surface area contributed by atoms with Gasteiger partial charge in [0.05, 0.1) is 5.56 Å². The second-order valence-corrected chi connectivity index (χ2v) is 11.4. The molecule has 0 amide bonds. The SMILES string of the molecule is CCCCCCCc1ccc2c[n+]3c(cc2c1)-c1ccc(C(C)(C)C)cc1C=CC3(CC)CC. The van der Waals surface area contributed by atoms with Gasteiger partial charge < -0.3 is 0 Å². The highest BCUT2D eigenvalue weighted by molar-refractivity contribution is 5.86. The van der Waals surface area contributed by atoms with E-state index < -0.39 is 0 Å². The van der Waals surface area contributed by atoms with Crippen LogP contribution in [0.5, 0.6) is 0 Å². The standard InChI is InChI=1S/C33H44N/c1-7-10-11-12-13-14-25-15-16-27-24-34-31(23-28(27)21-25)30-18-17-29(32(4,5)6)22-26(30)19-20-33(34,8-2)9-3/h15-24H,7-14H2,1-6H3/q+1. The van der Waals surface area contributed by atoms with E-state index in [1.165, 1.54) is 77.2 Å². The lowest BCUT2D eigenvalue weighted by Crippen LogP contribution is -2.55. The summed E-state index contributed by atoms with van der Waals surface area (Å²) in [6, 6.07) is 16.7. The summed E-state index contributed by atoms with van der Waals surface area (Å²) < 4.78 is 2.57. The molecule has 0 spiro atoms. The van der Waals surface area contributed by atoms with Gasteiger partial charge in [0, 0.05) is 24.3 Å².